The maximum absolute atomic E-state index is 12.6. The molecule has 0 unspecified atom stereocenters. The maximum atomic E-state index is 12.6. The SMILES string of the molecule is COc1ccccc1CNC(=O)c1ccc(OC)c(COc2ccc(C)cc2)c1. The molecule has 3 aromatic rings. The lowest BCUT2D eigenvalue weighted by Crippen LogP contribution is -2.23. The Morgan fingerprint density at radius 1 is 0.862 bits per heavy atom. The molecule has 0 atom stereocenters. The Kier molecular flexibility index (Phi) is 6.74. The van der Waals surface area contributed by atoms with E-state index < -0.39 is 0 Å². The molecule has 3 rings (SSSR count). The minimum absolute atomic E-state index is 0.171. The van der Waals surface area contributed by atoms with Crippen LogP contribution in [-0.4, -0.2) is 20.1 Å². The lowest BCUT2D eigenvalue weighted by atomic mass is 10.1. The van der Waals surface area contributed by atoms with Crippen molar-refractivity contribution in [1.82, 2.24) is 5.32 Å². The van der Waals surface area contributed by atoms with Crippen molar-refractivity contribution in [3.63, 3.8) is 0 Å². The topological polar surface area (TPSA) is 56.8 Å². The van der Waals surface area contributed by atoms with Gasteiger partial charge in [-0.15, -0.1) is 0 Å². The van der Waals surface area contributed by atoms with Crippen molar-refractivity contribution in [2.45, 2.75) is 20.1 Å². The van der Waals surface area contributed by atoms with Crippen LogP contribution < -0.4 is 19.5 Å². The lowest BCUT2D eigenvalue weighted by Gasteiger charge is -2.13. The zero-order valence-corrected chi connectivity index (χ0v) is 16.9. The molecule has 0 saturated carbocycles. The number of rotatable bonds is 8. The van der Waals surface area contributed by atoms with E-state index in [9.17, 15) is 4.79 Å². The first-order valence-corrected chi connectivity index (χ1v) is 9.37. The van der Waals surface area contributed by atoms with E-state index in [1.807, 2.05) is 55.5 Å². The fourth-order valence-corrected chi connectivity index (χ4v) is 2.95. The normalized spacial score (nSPS) is 10.3. The molecular weight excluding hydrogens is 366 g/mol. The van der Waals surface area contributed by atoms with Crippen molar-refractivity contribution < 1.29 is 19.0 Å². The molecule has 0 aliphatic heterocycles. The van der Waals surface area contributed by atoms with Gasteiger partial charge in [-0.05, 0) is 43.3 Å². The van der Waals surface area contributed by atoms with Gasteiger partial charge in [0, 0.05) is 23.2 Å². The molecule has 3 aromatic carbocycles. The highest BCUT2D eigenvalue weighted by molar-refractivity contribution is 5.94. The van der Waals surface area contributed by atoms with Crippen molar-refractivity contribution in [1.29, 1.82) is 0 Å². The van der Waals surface area contributed by atoms with E-state index >= 15 is 0 Å². The van der Waals surface area contributed by atoms with E-state index in [1.54, 1.807) is 32.4 Å². The van der Waals surface area contributed by atoms with E-state index in [4.69, 9.17) is 14.2 Å². The van der Waals surface area contributed by atoms with Crippen LogP contribution in [0, 0.1) is 6.92 Å². The van der Waals surface area contributed by atoms with Crippen molar-refractivity contribution in [2.75, 3.05) is 14.2 Å². The van der Waals surface area contributed by atoms with Gasteiger partial charge >= 0.3 is 0 Å². The molecule has 29 heavy (non-hydrogen) atoms. The van der Waals surface area contributed by atoms with Crippen LogP contribution in [0.1, 0.15) is 27.0 Å². The van der Waals surface area contributed by atoms with Crippen LogP contribution in [0.5, 0.6) is 17.2 Å². The van der Waals surface area contributed by atoms with Gasteiger partial charge in [0.15, 0.2) is 0 Å². The molecule has 0 aliphatic carbocycles. The molecular formula is C24H25NO4. The van der Waals surface area contributed by atoms with Gasteiger partial charge < -0.3 is 19.5 Å². The molecule has 1 N–H and O–H groups in total. The van der Waals surface area contributed by atoms with E-state index in [0.29, 0.717) is 24.5 Å². The quantitative estimate of drug-likeness (QED) is 0.613. The molecule has 0 fully saturated rings. The first-order chi connectivity index (χ1) is 14.1. The predicted molar refractivity (Wildman–Crippen MR) is 113 cm³/mol. The van der Waals surface area contributed by atoms with Crippen molar-refractivity contribution in [3.05, 3.63) is 89.0 Å². The smallest absolute Gasteiger partial charge is 0.251 e. The lowest BCUT2D eigenvalue weighted by molar-refractivity contribution is 0.0950. The predicted octanol–water partition coefficient (Wildman–Crippen LogP) is 4.52. The zero-order valence-electron chi connectivity index (χ0n) is 16.9. The second-order valence-electron chi connectivity index (χ2n) is 6.62. The summed E-state index contributed by atoms with van der Waals surface area (Å²) in [7, 11) is 3.22. The first kappa shape index (κ1) is 20.3. The standard InChI is InChI=1S/C24H25NO4/c1-17-8-11-21(12-9-17)29-16-20-14-18(10-13-23(20)28-3)24(26)25-15-19-6-4-5-7-22(19)27-2/h4-14H,15-16H2,1-3H3,(H,25,26). The summed E-state index contributed by atoms with van der Waals surface area (Å²) in [6, 6.07) is 20.8. The fourth-order valence-electron chi connectivity index (χ4n) is 2.95. The third-order valence-electron chi connectivity index (χ3n) is 4.59. The Labute approximate surface area is 171 Å². The number of carbonyl (C=O) groups is 1. The molecule has 0 aliphatic rings. The van der Waals surface area contributed by atoms with Crippen LogP contribution in [0.15, 0.2) is 66.7 Å². The number of para-hydroxylation sites is 1. The van der Waals surface area contributed by atoms with Crippen LogP contribution in [0.3, 0.4) is 0 Å². The Balaban J connectivity index is 1.69. The summed E-state index contributed by atoms with van der Waals surface area (Å²) in [4.78, 5) is 12.6. The van der Waals surface area contributed by atoms with Gasteiger partial charge in [-0.1, -0.05) is 35.9 Å². The average Bonchev–Trinajstić information content (AvgIpc) is 2.77. The minimum Gasteiger partial charge on any atom is -0.496 e. The number of methoxy groups -OCH3 is 2. The highest BCUT2D eigenvalue weighted by Gasteiger charge is 2.12. The van der Waals surface area contributed by atoms with Crippen molar-refractivity contribution >= 4 is 5.91 Å². The third kappa shape index (κ3) is 5.29. The number of amides is 1. The first-order valence-electron chi connectivity index (χ1n) is 9.37. The number of hydrogen-bond acceptors (Lipinski definition) is 4. The maximum Gasteiger partial charge on any atom is 0.251 e. The molecule has 5 heteroatoms. The Hall–Kier alpha value is -3.47. The second kappa shape index (κ2) is 9.64. The highest BCUT2D eigenvalue weighted by Crippen LogP contribution is 2.23. The number of ether oxygens (including phenoxy) is 3. The number of carbonyl (C=O) groups excluding carboxylic acids is 1. The van der Waals surface area contributed by atoms with E-state index in [0.717, 1.165) is 22.6 Å². The van der Waals surface area contributed by atoms with Gasteiger partial charge in [-0.25, -0.2) is 0 Å². The molecule has 0 heterocycles. The van der Waals surface area contributed by atoms with Crippen LogP contribution in [0.2, 0.25) is 0 Å². The molecule has 1 amide bonds. The molecule has 0 bridgehead atoms. The van der Waals surface area contributed by atoms with Crippen LogP contribution >= 0.6 is 0 Å². The van der Waals surface area contributed by atoms with Crippen molar-refractivity contribution in [3.8, 4) is 17.2 Å². The second-order valence-corrected chi connectivity index (χ2v) is 6.62. The van der Waals surface area contributed by atoms with Gasteiger partial charge in [-0.3, -0.25) is 4.79 Å². The molecule has 0 aromatic heterocycles. The van der Waals surface area contributed by atoms with Gasteiger partial charge in [0.1, 0.15) is 23.9 Å². The Morgan fingerprint density at radius 3 is 2.28 bits per heavy atom. The zero-order chi connectivity index (χ0) is 20.6. The number of nitrogens with one attached hydrogen (secondary N) is 1. The minimum atomic E-state index is -0.171. The summed E-state index contributed by atoms with van der Waals surface area (Å²) in [5.74, 6) is 2.02. The Morgan fingerprint density at radius 2 is 1.55 bits per heavy atom. The van der Waals surface area contributed by atoms with Gasteiger partial charge in [0.05, 0.1) is 14.2 Å². The third-order valence-corrected chi connectivity index (χ3v) is 4.59. The van der Waals surface area contributed by atoms with Crippen LogP contribution in [0.4, 0.5) is 0 Å². The summed E-state index contributed by atoms with van der Waals surface area (Å²) in [6.45, 7) is 2.71. The summed E-state index contributed by atoms with van der Waals surface area (Å²) in [6.07, 6.45) is 0. The van der Waals surface area contributed by atoms with Crippen LogP contribution in [0.25, 0.3) is 0 Å². The van der Waals surface area contributed by atoms with Crippen LogP contribution in [-0.2, 0) is 13.2 Å². The molecule has 150 valence electrons. The van der Waals surface area contributed by atoms with Gasteiger partial charge in [0.2, 0.25) is 0 Å². The largest absolute Gasteiger partial charge is 0.496 e. The summed E-state index contributed by atoms with van der Waals surface area (Å²) in [5.41, 5.74) is 3.43. The van der Waals surface area contributed by atoms with Gasteiger partial charge in [-0.2, -0.15) is 0 Å². The summed E-state index contributed by atoms with van der Waals surface area (Å²) >= 11 is 0. The van der Waals surface area contributed by atoms with E-state index in [2.05, 4.69) is 5.32 Å². The summed E-state index contributed by atoms with van der Waals surface area (Å²) in [5, 5.41) is 2.93. The number of benzene rings is 3. The summed E-state index contributed by atoms with van der Waals surface area (Å²) < 4.78 is 16.6. The van der Waals surface area contributed by atoms with E-state index in [1.165, 1.54) is 5.56 Å². The van der Waals surface area contributed by atoms with E-state index in [-0.39, 0.29) is 5.91 Å². The molecule has 5 nitrogen and oxygen atoms in total. The van der Waals surface area contributed by atoms with Crippen molar-refractivity contribution in [2.24, 2.45) is 0 Å². The molecule has 0 saturated heterocycles. The monoisotopic (exact) mass is 391 g/mol. The number of aryl methyl sites for hydroxylation is 1. The number of hydrogen-bond donors (Lipinski definition) is 1. The highest BCUT2D eigenvalue weighted by atomic mass is 16.5. The molecule has 0 spiro atoms. The fraction of sp³-hybridized carbons (Fsp3) is 0.208. The van der Waals surface area contributed by atoms with Gasteiger partial charge in [0.25, 0.3) is 5.91 Å². The Bertz CT molecular complexity index is 967. The average molecular weight is 391 g/mol. The molecule has 0 radical (unpaired) electrons.